The summed E-state index contributed by atoms with van der Waals surface area (Å²) >= 11 is 5.04. The molecule has 3 aromatic rings. The van der Waals surface area contributed by atoms with Crippen LogP contribution in [0.4, 0.5) is 5.69 Å². The summed E-state index contributed by atoms with van der Waals surface area (Å²) in [5.41, 5.74) is 7.94. The summed E-state index contributed by atoms with van der Waals surface area (Å²) in [6.07, 6.45) is 1.76. The van der Waals surface area contributed by atoms with Crippen LogP contribution in [-0.2, 0) is 5.75 Å². The van der Waals surface area contributed by atoms with Crippen molar-refractivity contribution >= 4 is 44.5 Å². The van der Waals surface area contributed by atoms with Gasteiger partial charge >= 0.3 is 0 Å². The van der Waals surface area contributed by atoms with Crippen molar-refractivity contribution < 1.29 is 4.42 Å². The topological polar surface area (TPSA) is 64.9 Å². The van der Waals surface area contributed by atoms with Gasteiger partial charge in [-0.15, -0.1) is 0 Å². The van der Waals surface area contributed by atoms with Crippen LogP contribution in [0, 0.1) is 0 Å². The number of nitrogens with two attached hydrogens (primary N) is 1. The van der Waals surface area contributed by atoms with Crippen LogP contribution in [0.15, 0.2) is 50.4 Å². The molecule has 0 spiro atoms. The van der Waals surface area contributed by atoms with E-state index >= 15 is 0 Å². The van der Waals surface area contributed by atoms with E-state index in [1.54, 1.807) is 24.0 Å². The maximum absolute atomic E-state index is 5.71. The van der Waals surface area contributed by atoms with Crippen LogP contribution >= 0.6 is 27.7 Å². The number of nitrogens with zero attached hydrogens (tertiary/aromatic N) is 2. The van der Waals surface area contributed by atoms with Crippen molar-refractivity contribution in [1.29, 1.82) is 0 Å². The smallest absolute Gasteiger partial charge is 0.205 e. The number of aromatic nitrogens is 2. The highest BCUT2D eigenvalue weighted by Crippen LogP contribution is 2.28. The van der Waals surface area contributed by atoms with Crippen molar-refractivity contribution in [2.75, 3.05) is 5.73 Å². The van der Waals surface area contributed by atoms with Crippen molar-refractivity contribution in [2.24, 2.45) is 0 Å². The van der Waals surface area contributed by atoms with E-state index in [2.05, 4.69) is 25.9 Å². The van der Waals surface area contributed by atoms with Crippen LogP contribution in [0.25, 0.3) is 11.1 Å². The van der Waals surface area contributed by atoms with E-state index in [-0.39, 0.29) is 0 Å². The second-order valence-electron chi connectivity index (χ2n) is 3.91. The molecule has 19 heavy (non-hydrogen) atoms. The Bertz CT molecular complexity index is 729. The minimum Gasteiger partial charge on any atom is -0.440 e. The highest BCUT2D eigenvalue weighted by Gasteiger charge is 2.08. The maximum atomic E-state index is 5.71. The number of halogens is 1. The highest BCUT2D eigenvalue weighted by molar-refractivity contribution is 9.10. The van der Waals surface area contributed by atoms with Gasteiger partial charge in [0, 0.05) is 16.4 Å². The number of anilines is 1. The first kappa shape index (κ1) is 12.5. The molecule has 0 amide bonds. The molecule has 0 fully saturated rings. The Kier molecular flexibility index (Phi) is 3.44. The fourth-order valence-electron chi connectivity index (χ4n) is 1.66. The summed E-state index contributed by atoms with van der Waals surface area (Å²) in [6.45, 7) is 0. The van der Waals surface area contributed by atoms with Gasteiger partial charge in [0.2, 0.25) is 5.89 Å². The summed E-state index contributed by atoms with van der Waals surface area (Å²) < 4.78 is 6.63. The van der Waals surface area contributed by atoms with Gasteiger partial charge in [0.05, 0.1) is 5.75 Å². The lowest BCUT2D eigenvalue weighted by molar-refractivity contribution is 0.556. The second kappa shape index (κ2) is 5.22. The van der Waals surface area contributed by atoms with E-state index in [1.807, 2.05) is 24.3 Å². The molecule has 0 aliphatic carbocycles. The number of pyridine rings is 1. The van der Waals surface area contributed by atoms with Gasteiger partial charge in [0.25, 0.3) is 0 Å². The Hall–Kier alpha value is -1.53. The molecule has 2 heterocycles. The Morgan fingerprint density at radius 1 is 1.32 bits per heavy atom. The molecular weight excluding hydrogens is 326 g/mol. The number of benzene rings is 1. The summed E-state index contributed by atoms with van der Waals surface area (Å²) in [5.74, 6) is 1.30. The summed E-state index contributed by atoms with van der Waals surface area (Å²) in [7, 11) is 0. The first-order valence-electron chi connectivity index (χ1n) is 5.60. The Balaban J connectivity index is 1.80. The van der Waals surface area contributed by atoms with E-state index in [0.29, 0.717) is 17.3 Å². The number of hydrogen-bond acceptors (Lipinski definition) is 5. The number of hydrogen-bond donors (Lipinski definition) is 1. The standard InChI is InChI=1S/C13H10BrN3OS/c14-9-2-1-5-16-13(9)19-7-12-17-10-6-8(15)3-4-11(10)18-12/h1-6H,7,15H2. The number of fused-ring (bicyclic) bond motifs is 1. The van der Waals surface area contributed by atoms with Crippen molar-refractivity contribution in [3.05, 3.63) is 46.9 Å². The number of oxazole rings is 1. The van der Waals surface area contributed by atoms with Gasteiger partial charge in [0.15, 0.2) is 5.58 Å². The molecule has 0 aliphatic rings. The predicted molar refractivity (Wildman–Crippen MR) is 79.9 cm³/mol. The summed E-state index contributed by atoms with van der Waals surface area (Å²) in [6, 6.07) is 9.30. The van der Waals surface area contributed by atoms with E-state index < -0.39 is 0 Å². The fourth-order valence-corrected chi connectivity index (χ4v) is 2.98. The lowest BCUT2D eigenvalue weighted by Crippen LogP contribution is -1.84. The van der Waals surface area contributed by atoms with Crippen molar-refractivity contribution in [3.63, 3.8) is 0 Å². The first-order valence-corrected chi connectivity index (χ1v) is 7.38. The molecule has 6 heteroatoms. The number of thioether (sulfide) groups is 1. The van der Waals surface area contributed by atoms with Gasteiger partial charge in [-0.25, -0.2) is 9.97 Å². The molecule has 3 rings (SSSR count). The largest absolute Gasteiger partial charge is 0.440 e. The predicted octanol–water partition coefficient (Wildman–Crippen LogP) is 3.86. The van der Waals surface area contributed by atoms with Crippen LogP contribution < -0.4 is 5.73 Å². The van der Waals surface area contributed by atoms with Gasteiger partial charge in [-0.1, -0.05) is 11.8 Å². The summed E-state index contributed by atoms with van der Waals surface area (Å²) in [5, 5.41) is 0.921. The van der Waals surface area contributed by atoms with E-state index in [4.69, 9.17) is 10.2 Å². The minimum absolute atomic E-state index is 0.629. The third-order valence-corrected chi connectivity index (χ3v) is 4.41. The summed E-state index contributed by atoms with van der Waals surface area (Å²) in [4.78, 5) is 8.70. The van der Waals surface area contributed by atoms with Gasteiger partial charge in [0.1, 0.15) is 10.5 Å². The average molecular weight is 336 g/mol. The molecule has 4 nitrogen and oxygen atoms in total. The molecule has 1 aromatic carbocycles. The normalized spacial score (nSPS) is 11.0. The van der Waals surface area contributed by atoms with Crippen LogP contribution in [-0.4, -0.2) is 9.97 Å². The zero-order valence-corrected chi connectivity index (χ0v) is 12.2. The maximum Gasteiger partial charge on any atom is 0.205 e. The zero-order chi connectivity index (χ0) is 13.2. The molecule has 2 aromatic heterocycles. The van der Waals surface area contributed by atoms with Crippen molar-refractivity contribution in [1.82, 2.24) is 9.97 Å². The number of rotatable bonds is 3. The molecule has 0 saturated carbocycles. The third kappa shape index (κ3) is 2.74. The van der Waals surface area contributed by atoms with Crippen LogP contribution in [0.2, 0.25) is 0 Å². The Labute approximate surface area is 122 Å². The highest BCUT2D eigenvalue weighted by atomic mass is 79.9. The van der Waals surface area contributed by atoms with Crippen LogP contribution in [0.3, 0.4) is 0 Å². The zero-order valence-electron chi connectivity index (χ0n) is 9.84. The molecule has 2 N–H and O–H groups in total. The lowest BCUT2D eigenvalue weighted by atomic mass is 10.3. The van der Waals surface area contributed by atoms with Gasteiger partial charge in [-0.3, -0.25) is 0 Å². The second-order valence-corrected chi connectivity index (χ2v) is 5.73. The van der Waals surface area contributed by atoms with Gasteiger partial charge < -0.3 is 10.2 Å². The SMILES string of the molecule is Nc1ccc2oc(CSc3ncccc3Br)nc2c1. The quantitative estimate of drug-likeness (QED) is 0.581. The fraction of sp³-hybridized carbons (Fsp3) is 0.0769. The van der Waals surface area contributed by atoms with Gasteiger partial charge in [-0.2, -0.15) is 0 Å². The minimum atomic E-state index is 0.629. The van der Waals surface area contributed by atoms with Crippen molar-refractivity contribution in [3.8, 4) is 0 Å². The number of nitrogen functional groups attached to an aromatic ring is 1. The average Bonchev–Trinajstić information content (AvgIpc) is 2.79. The van der Waals surface area contributed by atoms with Crippen LogP contribution in [0.1, 0.15) is 5.89 Å². The lowest BCUT2D eigenvalue weighted by Gasteiger charge is -1.99. The Morgan fingerprint density at radius 3 is 3.05 bits per heavy atom. The monoisotopic (exact) mass is 335 g/mol. The molecular formula is C13H10BrN3OS. The Morgan fingerprint density at radius 2 is 2.21 bits per heavy atom. The molecule has 0 aliphatic heterocycles. The van der Waals surface area contributed by atoms with Gasteiger partial charge in [-0.05, 0) is 46.3 Å². The molecule has 0 bridgehead atoms. The third-order valence-electron chi connectivity index (χ3n) is 2.51. The molecule has 0 radical (unpaired) electrons. The molecule has 0 unspecified atom stereocenters. The van der Waals surface area contributed by atoms with Crippen LogP contribution in [0.5, 0.6) is 0 Å². The molecule has 96 valence electrons. The van der Waals surface area contributed by atoms with E-state index in [0.717, 1.165) is 20.6 Å². The first-order chi connectivity index (χ1) is 9.22. The van der Waals surface area contributed by atoms with Crippen molar-refractivity contribution in [2.45, 2.75) is 10.8 Å². The van der Waals surface area contributed by atoms with E-state index in [9.17, 15) is 0 Å². The molecule has 0 saturated heterocycles. The molecule has 0 atom stereocenters. The van der Waals surface area contributed by atoms with E-state index in [1.165, 1.54) is 0 Å².